The van der Waals surface area contributed by atoms with E-state index in [0.717, 1.165) is 0 Å². The summed E-state index contributed by atoms with van der Waals surface area (Å²) in [4.78, 5) is 2.47. The van der Waals surface area contributed by atoms with Crippen molar-refractivity contribution >= 4 is 5.69 Å². The summed E-state index contributed by atoms with van der Waals surface area (Å²) in [7, 11) is 0. The molecule has 0 unspecified atom stereocenters. The van der Waals surface area contributed by atoms with Gasteiger partial charge in [0.05, 0.1) is 0 Å². The Morgan fingerprint density at radius 2 is 2.21 bits per heavy atom. The Morgan fingerprint density at radius 1 is 1.43 bits per heavy atom. The molecule has 1 heterocycles. The van der Waals surface area contributed by atoms with Crippen LogP contribution in [0.15, 0.2) is 18.2 Å². The summed E-state index contributed by atoms with van der Waals surface area (Å²) in [6.45, 7) is 5.70. The van der Waals surface area contributed by atoms with Gasteiger partial charge in [-0.3, -0.25) is 0 Å². The molecule has 1 nitrogen and oxygen atoms in total. The maximum Gasteiger partial charge on any atom is 0.0118 e. The fourth-order valence-corrected chi connectivity index (χ4v) is 2.03. The van der Waals surface area contributed by atoms with Crippen LogP contribution < -0.4 is 4.90 Å². The first-order chi connectivity index (χ1) is 6.29. The van der Waals surface area contributed by atoms with Crippen LogP contribution in [0, 0.1) is 6.07 Å². The number of nitrogens with zero attached hydrogens (tertiary/aromatic N) is 1. The molecule has 0 bridgehead atoms. The Hall–Kier alpha value is 0.124. The molecule has 73 valence electrons. The summed E-state index contributed by atoms with van der Waals surface area (Å²) in [5.41, 5.74) is 2.88. The zero-order chi connectivity index (χ0) is 9.26. The minimum atomic E-state index is 0. The molecular weight excluding hydrogens is 247 g/mol. The molecule has 2 rings (SSSR count). The van der Waals surface area contributed by atoms with E-state index in [-0.39, 0.29) is 32.7 Å². The molecular formula is C12H16NY-. The van der Waals surface area contributed by atoms with Crippen LogP contribution in [0.3, 0.4) is 0 Å². The smallest absolute Gasteiger partial charge is 0.0118 e. The van der Waals surface area contributed by atoms with E-state index in [1.54, 1.807) is 0 Å². The van der Waals surface area contributed by atoms with Crippen LogP contribution >= 0.6 is 0 Å². The van der Waals surface area contributed by atoms with E-state index >= 15 is 0 Å². The molecule has 0 amide bonds. The summed E-state index contributed by atoms with van der Waals surface area (Å²) < 4.78 is 0. The van der Waals surface area contributed by atoms with Gasteiger partial charge in [-0.25, -0.2) is 0 Å². The predicted molar refractivity (Wildman–Crippen MR) is 56.1 cm³/mol. The zero-order valence-electron chi connectivity index (χ0n) is 8.96. The molecule has 0 spiro atoms. The van der Waals surface area contributed by atoms with E-state index in [2.05, 4.69) is 36.9 Å². The van der Waals surface area contributed by atoms with Gasteiger partial charge < -0.3 is 4.90 Å². The number of benzene rings is 1. The molecule has 1 aromatic rings. The summed E-state index contributed by atoms with van der Waals surface area (Å²) in [6.07, 6.45) is 2.52. The maximum absolute atomic E-state index is 3.16. The van der Waals surface area contributed by atoms with Crippen molar-refractivity contribution in [1.29, 1.82) is 0 Å². The molecule has 0 saturated carbocycles. The molecule has 2 heteroatoms. The molecule has 1 radical (unpaired) electrons. The summed E-state index contributed by atoms with van der Waals surface area (Å²) in [5, 5.41) is 0. The second-order valence-electron chi connectivity index (χ2n) is 3.95. The van der Waals surface area contributed by atoms with Crippen LogP contribution in [-0.2, 0) is 39.1 Å². The molecule has 1 aliphatic heterocycles. The van der Waals surface area contributed by atoms with Gasteiger partial charge in [0.25, 0.3) is 0 Å². The Morgan fingerprint density at radius 3 is 2.93 bits per heavy atom. The van der Waals surface area contributed by atoms with E-state index in [0.29, 0.717) is 6.04 Å². The first-order valence-corrected chi connectivity index (χ1v) is 5.04. The molecule has 0 saturated heterocycles. The van der Waals surface area contributed by atoms with Gasteiger partial charge in [0.1, 0.15) is 0 Å². The van der Waals surface area contributed by atoms with E-state index in [1.807, 2.05) is 6.07 Å². The van der Waals surface area contributed by atoms with Gasteiger partial charge in [-0.2, -0.15) is 24.3 Å². The molecule has 0 aliphatic carbocycles. The van der Waals surface area contributed by atoms with Crippen molar-refractivity contribution in [1.82, 2.24) is 0 Å². The molecule has 14 heavy (non-hydrogen) atoms. The van der Waals surface area contributed by atoms with Gasteiger partial charge in [-0.05, 0) is 26.7 Å². The Bertz CT molecular complexity index is 296. The van der Waals surface area contributed by atoms with Crippen molar-refractivity contribution in [3.05, 3.63) is 29.8 Å². The molecule has 1 aromatic carbocycles. The monoisotopic (exact) mass is 263 g/mol. The molecule has 0 atom stereocenters. The second-order valence-corrected chi connectivity index (χ2v) is 3.95. The summed E-state index contributed by atoms with van der Waals surface area (Å²) in [5.74, 6) is 0. The summed E-state index contributed by atoms with van der Waals surface area (Å²) in [6, 6.07) is 10.1. The fourth-order valence-electron chi connectivity index (χ4n) is 2.03. The molecule has 0 aromatic heterocycles. The average molecular weight is 263 g/mol. The quantitative estimate of drug-likeness (QED) is 0.704. The molecule has 0 N–H and O–H groups in total. The van der Waals surface area contributed by atoms with Crippen molar-refractivity contribution in [2.75, 3.05) is 11.4 Å². The number of rotatable bonds is 1. The third-order valence-corrected chi connectivity index (χ3v) is 2.71. The van der Waals surface area contributed by atoms with Crippen LogP contribution in [0.25, 0.3) is 0 Å². The molecule has 0 fully saturated rings. The maximum atomic E-state index is 3.16. The molecule has 1 aliphatic rings. The number of anilines is 1. The van der Waals surface area contributed by atoms with Gasteiger partial charge in [-0.1, -0.05) is 5.69 Å². The number of aryl methyl sites for hydroxylation is 1. The van der Waals surface area contributed by atoms with Gasteiger partial charge >= 0.3 is 0 Å². The van der Waals surface area contributed by atoms with E-state index < -0.39 is 0 Å². The number of hydrogen-bond donors (Lipinski definition) is 0. The van der Waals surface area contributed by atoms with E-state index in [1.165, 1.54) is 30.6 Å². The third-order valence-electron chi connectivity index (χ3n) is 2.71. The SMILES string of the molecule is CC(C)N1CCCc2cc[c-]cc21.[Y]. The Kier molecular flexibility index (Phi) is 4.59. The van der Waals surface area contributed by atoms with E-state index in [9.17, 15) is 0 Å². The first kappa shape index (κ1) is 12.2. The van der Waals surface area contributed by atoms with Crippen LogP contribution in [0.5, 0.6) is 0 Å². The average Bonchev–Trinajstić information content (AvgIpc) is 2.17. The van der Waals surface area contributed by atoms with Crippen LogP contribution in [-0.4, -0.2) is 12.6 Å². The first-order valence-electron chi connectivity index (χ1n) is 5.04. The Balaban J connectivity index is 0.000000980. The Labute approximate surface area is 112 Å². The predicted octanol–water partition coefficient (Wildman–Crippen LogP) is 2.65. The minimum Gasteiger partial charge on any atom is -0.421 e. The van der Waals surface area contributed by atoms with Crippen LogP contribution in [0.4, 0.5) is 5.69 Å². The van der Waals surface area contributed by atoms with Crippen molar-refractivity contribution < 1.29 is 32.7 Å². The van der Waals surface area contributed by atoms with Crippen molar-refractivity contribution in [2.24, 2.45) is 0 Å². The van der Waals surface area contributed by atoms with Crippen LogP contribution in [0.1, 0.15) is 25.8 Å². The van der Waals surface area contributed by atoms with Crippen molar-refractivity contribution in [3.63, 3.8) is 0 Å². The topological polar surface area (TPSA) is 3.24 Å². The van der Waals surface area contributed by atoms with Gasteiger partial charge in [-0.15, -0.1) is 5.56 Å². The largest absolute Gasteiger partial charge is 0.421 e. The van der Waals surface area contributed by atoms with Crippen molar-refractivity contribution in [3.8, 4) is 0 Å². The van der Waals surface area contributed by atoms with Gasteiger partial charge in [0.15, 0.2) is 0 Å². The van der Waals surface area contributed by atoms with Gasteiger partial charge in [0, 0.05) is 45.3 Å². The van der Waals surface area contributed by atoms with Gasteiger partial charge in [0.2, 0.25) is 0 Å². The minimum absolute atomic E-state index is 0. The third kappa shape index (κ3) is 2.38. The standard InChI is InChI=1S/C12H16N.Y/c1-10(2)13-9-5-7-11-6-3-4-8-12(11)13;/h3,6,8,10H,5,7,9H2,1-2H3;/q-1;. The van der Waals surface area contributed by atoms with E-state index in [4.69, 9.17) is 0 Å². The zero-order valence-corrected chi connectivity index (χ0v) is 11.8. The summed E-state index contributed by atoms with van der Waals surface area (Å²) >= 11 is 0. The van der Waals surface area contributed by atoms with Crippen LogP contribution in [0.2, 0.25) is 0 Å². The van der Waals surface area contributed by atoms with Crippen molar-refractivity contribution in [2.45, 2.75) is 32.7 Å². The number of hydrogen-bond acceptors (Lipinski definition) is 1. The normalized spacial score (nSPS) is 14.9. The number of fused-ring (bicyclic) bond motifs is 1. The fraction of sp³-hybridized carbons (Fsp3) is 0.500. The second kappa shape index (κ2) is 5.27.